The van der Waals surface area contributed by atoms with E-state index in [1.54, 1.807) is 6.33 Å². The molecule has 0 aliphatic heterocycles. The lowest BCUT2D eigenvalue weighted by Crippen LogP contribution is -2.27. The van der Waals surface area contributed by atoms with Crippen LogP contribution in [0.5, 0.6) is 5.75 Å². The molecule has 2 aromatic rings. The molecule has 23 heavy (non-hydrogen) atoms. The van der Waals surface area contributed by atoms with Gasteiger partial charge in [-0.15, -0.1) is 0 Å². The van der Waals surface area contributed by atoms with Crippen LogP contribution in [0, 0.1) is 0 Å². The SMILES string of the molecule is CCOc1cccc(CN(C)c2cc(C3CC(O)C3)ncn2)c1. The highest BCUT2D eigenvalue weighted by Crippen LogP contribution is 2.36. The zero-order valence-corrected chi connectivity index (χ0v) is 13.6. The molecule has 0 radical (unpaired) electrons. The maximum absolute atomic E-state index is 9.46. The van der Waals surface area contributed by atoms with Crippen molar-refractivity contribution in [2.24, 2.45) is 0 Å². The Kier molecular flexibility index (Phi) is 4.76. The number of rotatable bonds is 6. The van der Waals surface area contributed by atoms with Crippen molar-refractivity contribution in [3.8, 4) is 5.75 Å². The average molecular weight is 313 g/mol. The zero-order valence-electron chi connectivity index (χ0n) is 13.6. The summed E-state index contributed by atoms with van der Waals surface area (Å²) in [4.78, 5) is 10.8. The summed E-state index contributed by atoms with van der Waals surface area (Å²) in [6.07, 6.45) is 3.05. The molecule has 0 atom stereocenters. The van der Waals surface area contributed by atoms with E-state index in [4.69, 9.17) is 4.74 Å². The summed E-state index contributed by atoms with van der Waals surface area (Å²) in [7, 11) is 2.02. The normalized spacial score (nSPS) is 20.0. The monoisotopic (exact) mass is 313 g/mol. The molecule has 1 aromatic carbocycles. The fourth-order valence-corrected chi connectivity index (χ4v) is 2.88. The van der Waals surface area contributed by atoms with Crippen molar-refractivity contribution in [1.82, 2.24) is 9.97 Å². The van der Waals surface area contributed by atoms with E-state index in [1.807, 2.05) is 32.2 Å². The molecule has 1 N–H and O–H groups in total. The smallest absolute Gasteiger partial charge is 0.132 e. The maximum atomic E-state index is 9.46. The van der Waals surface area contributed by atoms with Crippen molar-refractivity contribution in [1.29, 1.82) is 0 Å². The summed E-state index contributed by atoms with van der Waals surface area (Å²) in [6.45, 7) is 3.41. The number of anilines is 1. The van der Waals surface area contributed by atoms with Gasteiger partial charge in [0.05, 0.1) is 12.7 Å². The third-order valence-electron chi connectivity index (χ3n) is 4.23. The number of hydrogen-bond acceptors (Lipinski definition) is 5. The molecule has 0 spiro atoms. The first-order chi connectivity index (χ1) is 11.2. The van der Waals surface area contributed by atoms with Crippen LogP contribution in [-0.4, -0.2) is 34.8 Å². The summed E-state index contributed by atoms with van der Waals surface area (Å²) in [5.41, 5.74) is 2.20. The van der Waals surface area contributed by atoms with E-state index in [0.717, 1.165) is 36.6 Å². The molecule has 1 saturated carbocycles. The van der Waals surface area contributed by atoms with Gasteiger partial charge in [0.15, 0.2) is 0 Å². The highest BCUT2D eigenvalue weighted by molar-refractivity contribution is 5.41. The van der Waals surface area contributed by atoms with E-state index >= 15 is 0 Å². The van der Waals surface area contributed by atoms with Crippen LogP contribution in [0.15, 0.2) is 36.7 Å². The second-order valence-corrected chi connectivity index (χ2v) is 6.06. The van der Waals surface area contributed by atoms with E-state index in [0.29, 0.717) is 12.5 Å². The average Bonchev–Trinajstić information content (AvgIpc) is 2.53. The van der Waals surface area contributed by atoms with Crippen molar-refractivity contribution in [2.45, 2.75) is 38.3 Å². The standard InChI is InChI=1S/C18H23N3O2/c1-3-23-16-6-4-5-13(7-16)11-21(2)18-10-17(19-12-20-18)14-8-15(22)9-14/h4-7,10,12,14-15,22H,3,8-9,11H2,1-2H3. The fraction of sp³-hybridized carbons (Fsp3) is 0.444. The van der Waals surface area contributed by atoms with Gasteiger partial charge < -0.3 is 14.7 Å². The number of benzene rings is 1. The molecule has 1 heterocycles. The highest BCUT2D eigenvalue weighted by Gasteiger charge is 2.29. The van der Waals surface area contributed by atoms with Gasteiger partial charge in [-0.05, 0) is 37.5 Å². The van der Waals surface area contributed by atoms with Crippen LogP contribution in [0.3, 0.4) is 0 Å². The number of aromatic nitrogens is 2. The minimum atomic E-state index is -0.169. The van der Waals surface area contributed by atoms with Crippen LogP contribution in [0.4, 0.5) is 5.82 Å². The van der Waals surface area contributed by atoms with Crippen molar-refractivity contribution in [3.63, 3.8) is 0 Å². The number of aliphatic hydroxyl groups is 1. The van der Waals surface area contributed by atoms with Gasteiger partial charge in [0, 0.05) is 31.3 Å². The largest absolute Gasteiger partial charge is 0.494 e. The molecule has 0 unspecified atom stereocenters. The van der Waals surface area contributed by atoms with Crippen LogP contribution < -0.4 is 9.64 Å². The third kappa shape index (κ3) is 3.79. The molecule has 1 aliphatic carbocycles. The number of ether oxygens (including phenoxy) is 1. The second kappa shape index (κ2) is 6.96. The van der Waals surface area contributed by atoms with E-state index < -0.39 is 0 Å². The molecule has 1 aromatic heterocycles. The predicted octanol–water partition coefficient (Wildman–Crippen LogP) is 2.75. The minimum Gasteiger partial charge on any atom is -0.494 e. The first-order valence-electron chi connectivity index (χ1n) is 8.08. The van der Waals surface area contributed by atoms with Crippen molar-refractivity contribution in [3.05, 3.63) is 47.9 Å². The number of nitrogens with zero attached hydrogens (tertiary/aromatic N) is 3. The van der Waals surface area contributed by atoms with Crippen LogP contribution in [0.2, 0.25) is 0 Å². The molecule has 0 saturated heterocycles. The van der Waals surface area contributed by atoms with E-state index in [1.165, 1.54) is 5.56 Å². The Morgan fingerprint density at radius 1 is 1.26 bits per heavy atom. The number of aliphatic hydroxyl groups excluding tert-OH is 1. The lowest BCUT2D eigenvalue weighted by Gasteiger charge is -2.31. The van der Waals surface area contributed by atoms with Crippen LogP contribution >= 0.6 is 0 Å². The Hall–Kier alpha value is -2.14. The van der Waals surface area contributed by atoms with E-state index in [-0.39, 0.29) is 6.10 Å². The molecule has 122 valence electrons. The van der Waals surface area contributed by atoms with Crippen molar-refractivity contribution < 1.29 is 9.84 Å². The van der Waals surface area contributed by atoms with Crippen LogP contribution in [-0.2, 0) is 6.54 Å². The molecule has 0 bridgehead atoms. The fourth-order valence-electron chi connectivity index (χ4n) is 2.88. The maximum Gasteiger partial charge on any atom is 0.132 e. The Morgan fingerprint density at radius 2 is 2.09 bits per heavy atom. The Labute approximate surface area is 137 Å². The predicted molar refractivity (Wildman–Crippen MR) is 89.7 cm³/mol. The highest BCUT2D eigenvalue weighted by atomic mass is 16.5. The molecular weight excluding hydrogens is 290 g/mol. The van der Waals surface area contributed by atoms with Gasteiger partial charge in [-0.2, -0.15) is 0 Å². The van der Waals surface area contributed by atoms with Gasteiger partial charge in [0.1, 0.15) is 17.9 Å². The van der Waals surface area contributed by atoms with Gasteiger partial charge in [0.25, 0.3) is 0 Å². The molecule has 3 rings (SSSR count). The van der Waals surface area contributed by atoms with Crippen LogP contribution in [0.1, 0.15) is 36.9 Å². The lowest BCUT2D eigenvalue weighted by molar-refractivity contribution is 0.0732. The molecular formula is C18H23N3O2. The lowest BCUT2D eigenvalue weighted by atomic mass is 9.80. The topological polar surface area (TPSA) is 58.5 Å². The zero-order chi connectivity index (χ0) is 16.2. The summed E-state index contributed by atoms with van der Waals surface area (Å²) in [6, 6.07) is 10.2. The summed E-state index contributed by atoms with van der Waals surface area (Å²) in [5, 5.41) is 9.46. The number of hydrogen-bond donors (Lipinski definition) is 1. The second-order valence-electron chi connectivity index (χ2n) is 6.06. The van der Waals surface area contributed by atoms with Gasteiger partial charge >= 0.3 is 0 Å². The third-order valence-corrected chi connectivity index (χ3v) is 4.23. The Bertz CT molecular complexity index is 656. The Morgan fingerprint density at radius 3 is 2.83 bits per heavy atom. The van der Waals surface area contributed by atoms with Gasteiger partial charge in [0.2, 0.25) is 0 Å². The summed E-state index contributed by atoms with van der Waals surface area (Å²) in [5.74, 6) is 2.16. The van der Waals surface area contributed by atoms with Gasteiger partial charge in [-0.25, -0.2) is 9.97 Å². The molecule has 1 fully saturated rings. The first kappa shape index (κ1) is 15.7. The van der Waals surface area contributed by atoms with Crippen molar-refractivity contribution >= 4 is 5.82 Å². The summed E-state index contributed by atoms with van der Waals surface area (Å²) >= 11 is 0. The first-order valence-corrected chi connectivity index (χ1v) is 8.08. The molecule has 1 aliphatic rings. The van der Waals surface area contributed by atoms with Gasteiger partial charge in [-0.3, -0.25) is 0 Å². The molecule has 5 heteroatoms. The molecule has 0 amide bonds. The summed E-state index contributed by atoms with van der Waals surface area (Å²) < 4.78 is 5.55. The minimum absolute atomic E-state index is 0.169. The quantitative estimate of drug-likeness (QED) is 0.888. The molecule has 5 nitrogen and oxygen atoms in total. The Balaban J connectivity index is 1.69. The van der Waals surface area contributed by atoms with Crippen molar-refractivity contribution in [2.75, 3.05) is 18.6 Å². The van der Waals surface area contributed by atoms with Gasteiger partial charge in [-0.1, -0.05) is 12.1 Å². The van der Waals surface area contributed by atoms with Crippen LogP contribution in [0.25, 0.3) is 0 Å². The van der Waals surface area contributed by atoms with E-state index in [9.17, 15) is 5.11 Å². The van der Waals surface area contributed by atoms with E-state index in [2.05, 4.69) is 27.0 Å².